The molecule has 0 radical (unpaired) electrons. The minimum absolute atomic E-state index is 0.512. The molecule has 2 nitrogen and oxygen atoms in total. The largest absolute Gasteiger partial charge is 0.310 e. The highest BCUT2D eigenvalue weighted by molar-refractivity contribution is 6.13. The van der Waals surface area contributed by atoms with Gasteiger partial charge in [-0.25, -0.2) is 0 Å². The Kier molecular flexibility index (Phi) is 8.14. The Morgan fingerprint density at radius 1 is 0.274 bits per heavy atom. The fraction of sp³-hybridized carbons (Fsp3) is 0.0667. The summed E-state index contributed by atoms with van der Waals surface area (Å²) in [6.07, 6.45) is 0. The van der Waals surface area contributed by atoms with Gasteiger partial charge in [0.25, 0.3) is 0 Å². The molecular formula is C60H44N2. The van der Waals surface area contributed by atoms with Gasteiger partial charge >= 0.3 is 0 Å². The van der Waals surface area contributed by atoms with Gasteiger partial charge in [0.15, 0.2) is 0 Å². The second kappa shape index (κ2) is 13.9. The maximum absolute atomic E-state index is 2.55. The van der Waals surface area contributed by atoms with E-state index in [9.17, 15) is 0 Å². The van der Waals surface area contributed by atoms with Crippen LogP contribution in [0.4, 0.5) is 34.1 Å². The third kappa shape index (κ3) is 5.04. The number of benzene rings is 10. The molecule has 2 heteroatoms. The van der Waals surface area contributed by atoms with Crippen molar-refractivity contribution in [3.05, 3.63) is 253 Å². The average Bonchev–Trinajstić information content (AvgIpc) is 3.77. The van der Waals surface area contributed by atoms with Gasteiger partial charge in [-0.05, 0) is 116 Å². The molecule has 10 aromatic rings. The van der Waals surface area contributed by atoms with Gasteiger partial charge in [-0.2, -0.15) is 0 Å². The highest BCUT2D eigenvalue weighted by atomic mass is 15.1. The Morgan fingerprint density at radius 3 is 0.887 bits per heavy atom. The molecule has 2 aliphatic carbocycles. The number of anilines is 6. The zero-order valence-corrected chi connectivity index (χ0v) is 34.8. The van der Waals surface area contributed by atoms with Crippen LogP contribution in [0.15, 0.2) is 231 Å². The molecule has 0 spiro atoms. The quantitative estimate of drug-likeness (QED) is 0.159. The molecule has 62 heavy (non-hydrogen) atoms. The van der Waals surface area contributed by atoms with Crippen LogP contribution in [0.3, 0.4) is 0 Å². The minimum Gasteiger partial charge on any atom is -0.310 e. The van der Waals surface area contributed by atoms with Gasteiger partial charge in [0.1, 0.15) is 0 Å². The predicted molar refractivity (Wildman–Crippen MR) is 261 cm³/mol. The lowest BCUT2D eigenvalue weighted by Crippen LogP contribution is -2.44. The third-order valence-electron chi connectivity index (χ3n) is 14.1. The summed E-state index contributed by atoms with van der Waals surface area (Å²) in [5.74, 6) is 0. The number of para-hydroxylation sites is 4. The van der Waals surface area contributed by atoms with Crippen LogP contribution in [0.2, 0.25) is 0 Å². The number of hydrogen-bond donors (Lipinski definition) is 0. The minimum atomic E-state index is -0.512. The van der Waals surface area contributed by atoms with Crippen molar-refractivity contribution in [2.75, 3.05) is 9.80 Å². The van der Waals surface area contributed by atoms with Crippen LogP contribution in [-0.4, -0.2) is 0 Å². The van der Waals surface area contributed by atoms with Gasteiger partial charge < -0.3 is 9.80 Å². The molecule has 294 valence electrons. The lowest BCUT2D eigenvalue weighted by atomic mass is 9.56. The first kappa shape index (κ1) is 36.2. The van der Waals surface area contributed by atoms with Crippen LogP contribution < -0.4 is 9.80 Å². The normalized spacial score (nSPS) is 17.0. The summed E-state index contributed by atoms with van der Waals surface area (Å²) in [4.78, 5) is 4.90. The Morgan fingerprint density at radius 2 is 0.548 bits per heavy atom. The fourth-order valence-corrected chi connectivity index (χ4v) is 11.3. The Bertz CT molecular complexity index is 3020. The standard InChI is InChI=1S/C60H44N2/c1-59(51-37-21-19-35-49(51)57-47-33-17-15-31-45(47)55(39-53(57)59)61(41-23-7-3-8-24-41)42-25-9-4-10-26-42)60(2)52-38-22-20-36-50(52)58-48-34-18-16-32-46(48)56(40-54(58)60)62(43-27-11-5-12-28-43)44-29-13-6-14-30-44/h3-40H,1-2H3. The van der Waals surface area contributed by atoms with Crippen LogP contribution in [0.25, 0.3) is 43.8 Å². The van der Waals surface area contributed by atoms with Crippen LogP contribution in [0.1, 0.15) is 36.1 Å². The average molecular weight is 793 g/mol. The van der Waals surface area contributed by atoms with Crippen molar-refractivity contribution in [1.82, 2.24) is 0 Å². The van der Waals surface area contributed by atoms with E-state index in [0.29, 0.717) is 0 Å². The van der Waals surface area contributed by atoms with Crippen LogP contribution >= 0.6 is 0 Å². The summed E-state index contributed by atoms with van der Waals surface area (Å²) >= 11 is 0. The molecule has 2 aliphatic rings. The number of fused-ring (bicyclic) bond motifs is 10. The Balaban J connectivity index is 1.21. The van der Waals surface area contributed by atoms with E-state index in [1.165, 1.54) is 77.4 Å². The summed E-state index contributed by atoms with van der Waals surface area (Å²) in [7, 11) is 0. The second-order valence-electron chi connectivity index (χ2n) is 17.1. The highest BCUT2D eigenvalue weighted by Crippen LogP contribution is 2.67. The van der Waals surface area contributed by atoms with Gasteiger partial charge in [0.05, 0.1) is 11.4 Å². The molecule has 12 rings (SSSR count). The molecular weight excluding hydrogens is 749 g/mol. The zero-order valence-electron chi connectivity index (χ0n) is 34.8. The van der Waals surface area contributed by atoms with Crippen molar-refractivity contribution in [3.63, 3.8) is 0 Å². The lowest BCUT2D eigenvalue weighted by molar-refractivity contribution is 0.376. The van der Waals surface area contributed by atoms with E-state index in [0.717, 1.165) is 22.7 Å². The van der Waals surface area contributed by atoms with Crippen LogP contribution in [-0.2, 0) is 10.8 Å². The monoisotopic (exact) mass is 792 g/mol. The van der Waals surface area contributed by atoms with Gasteiger partial charge in [-0.15, -0.1) is 0 Å². The van der Waals surface area contributed by atoms with Crippen LogP contribution in [0.5, 0.6) is 0 Å². The molecule has 0 bridgehead atoms. The fourth-order valence-electron chi connectivity index (χ4n) is 11.3. The van der Waals surface area contributed by atoms with Crippen LogP contribution in [0, 0.1) is 0 Å². The first-order chi connectivity index (χ1) is 30.6. The molecule has 0 saturated carbocycles. The third-order valence-corrected chi connectivity index (χ3v) is 14.1. The maximum atomic E-state index is 2.55. The van der Waals surface area contributed by atoms with Crippen molar-refractivity contribution in [1.29, 1.82) is 0 Å². The van der Waals surface area contributed by atoms with E-state index in [-0.39, 0.29) is 0 Å². The molecule has 2 unspecified atom stereocenters. The van der Waals surface area contributed by atoms with Crippen molar-refractivity contribution in [3.8, 4) is 22.3 Å². The van der Waals surface area contributed by atoms with E-state index >= 15 is 0 Å². The summed E-state index contributed by atoms with van der Waals surface area (Å²) < 4.78 is 0. The molecule has 0 fully saturated rings. The molecule has 0 amide bonds. The smallest absolute Gasteiger partial charge is 0.0543 e. The second-order valence-corrected chi connectivity index (χ2v) is 17.1. The molecule has 0 N–H and O–H groups in total. The lowest BCUT2D eigenvalue weighted by Gasteiger charge is -2.46. The van der Waals surface area contributed by atoms with E-state index in [2.05, 4.69) is 254 Å². The predicted octanol–water partition coefficient (Wildman–Crippen LogP) is 16.2. The summed E-state index contributed by atoms with van der Waals surface area (Å²) in [6.45, 7) is 5.08. The maximum Gasteiger partial charge on any atom is 0.0543 e. The molecule has 2 atom stereocenters. The molecule has 0 saturated heterocycles. The Labute approximate surface area is 363 Å². The van der Waals surface area contributed by atoms with Gasteiger partial charge in [-0.1, -0.05) is 184 Å². The van der Waals surface area contributed by atoms with E-state index in [1.54, 1.807) is 0 Å². The summed E-state index contributed by atoms with van der Waals surface area (Å²) in [5, 5.41) is 4.98. The SMILES string of the molecule is CC1(C2(C)c3ccccc3-c3c2cc(N(c2ccccc2)c2ccccc2)c2ccccc32)c2ccccc2-c2c1cc(N(c1ccccc1)c1ccccc1)c1ccccc21. The number of rotatable bonds is 7. The van der Waals surface area contributed by atoms with Crippen molar-refractivity contribution < 1.29 is 0 Å². The van der Waals surface area contributed by atoms with E-state index in [4.69, 9.17) is 0 Å². The van der Waals surface area contributed by atoms with E-state index < -0.39 is 10.8 Å². The van der Waals surface area contributed by atoms with Gasteiger partial charge in [0.2, 0.25) is 0 Å². The molecule has 0 aromatic heterocycles. The molecule has 10 aromatic carbocycles. The van der Waals surface area contributed by atoms with E-state index in [1.807, 2.05) is 0 Å². The summed E-state index contributed by atoms with van der Waals surface area (Å²) in [5.41, 5.74) is 16.5. The van der Waals surface area contributed by atoms with Crippen molar-refractivity contribution in [2.24, 2.45) is 0 Å². The highest BCUT2D eigenvalue weighted by Gasteiger charge is 2.58. The number of nitrogens with zero attached hydrogens (tertiary/aromatic N) is 2. The zero-order chi connectivity index (χ0) is 41.4. The first-order valence-corrected chi connectivity index (χ1v) is 21.7. The Hall–Kier alpha value is -7.68. The van der Waals surface area contributed by atoms with Gasteiger partial charge in [-0.3, -0.25) is 0 Å². The molecule has 0 heterocycles. The first-order valence-electron chi connectivity index (χ1n) is 21.7. The topological polar surface area (TPSA) is 6.48 Å². The molecule has 0 aliphatic heterocycles. The van der Waals surface area contributed by atoms with Crippen molar-refractivity contribution >= 4 is 55.7 Å². The van der Waals surface area contributed by atoms with Crippen molar-refractivity contribution in [2.45, 2.75) is 24.7 Å². The summed E-state index contributed by atoms with van der Waals surface area (Å²) in [6, 6.07) is 85.1. The van der Waals surface area contributed by atoms with Gasteiger partial charge in [0, 0.05) is 44.4 Å². The number of hydrogen-bond acceptors (Lipinski definition) is 2.